The number of likely N-dealkylation sites (tertiary alicyclic amines) is 1. The number of rotatable bonds is 6. The van der Waals surface area contributed by atoms with E-state index < -0.39 is 29.3 Å². The Morgan fingerprint density at radius 1 is 1.06 bits per heavy atom. The van der Waals surface area contributed by atoms with Gasteiger partial charge in [-0.2, -0.15) is 5.01 Å². The summed E-state index contributed by atoms with van der Waals surface area (Å²) < 4.78 is 0. The van der Waals surface area contributed by atoms with Gasteiger partial charge in [0.15, 0.2) is 0 Å². The van der Waals surface area contributed by atoms with Gasteiger partial charge < -0.3 is 10.2 Å². The van der Waals surface area contributed by atoms with E-state index in [1.807, 2.05) is 36.4 Å². The third-order valence-corrected chi connectivity index (χ3v) is 5.86. The summed E-state index contributed by atoms with van der Waals surface area (Å²) in [4.78, 5) is 52.1. The van der Waals surface area contributed by atoms with E-state index in [9.17, 15) is 19.2 Å². The monoisotopic (exact) mass is 420 g/mol. The number of hydrogen-bond donors (Lipinski definition) is 2. The summed E-state index contributed by atoms with van der Waals surface area (Å²) in [6.07, 6.45) is 0.754. The van der Waals surface area contributed by atoms with Gasteiger partial charge in [0, 0.05) is 19.5 Å². The topological polar surface area (TPSA) is 98.8 Å². The standard InChI is InChI=1S/C23H24N4O4/c1-23(18-10-6-3-7-11-18)21(30)27(22(31)24-23)25-20(29)17-14-19(28)26(15-17)13-12-16-8-4-2-5-9-16/h2-11,17H,12-15H2,1H3,(H,24,31)(H,25,29)/t17-,23-/m0/s1. The molecule has 0 saturated carbocycles. The van der Waals surface area contributed by atoms with E-state index in [1.165, 1.54) is 0 Å². The van der Waals surface area contributed by atoms with E-state index in [1.54, 1.807) is 36.1 Å². The van der Waals surface area contributed by atoms with Gasteiger partial charge >= 0.3 is 6.03 Å². The van der Waals surface area contributed by atoms with E-state index in [0.29, 0.717) is 23.5 Å². The first-order chi connectivity index (χ1) is 14.9. The van der Waals surface area contributed by atoms with Gasteiger partial charge in [0.25, 0.3) is 5.91 Å². The number of hydrogen-bond acceptors (Lipinski definition) is 4. The predicted molar refractivity (Wildman–Crippen MR) is 112 cm³/mol. The molecular formula is C23H24N4O4. The second kappa shape index (κ2) is 8.22. The maximum Gasteiger partial charge on any atom is 0.344 e. The third kappa shape index (κ3) is 4.01. The first-order valence-corrected chi connectivity index (χ1v) is 10.2. The Bertz CT molecular complexity index is 1010. The Labute approximate surface area is 180 Å². The smallest absolute Gasteiger partial charge is 0.342 e. The van der Waals surface area contributed by atoms with Crippen LogP contribution in [0.3, 0.4) is 0 Å². The second-order valence-electron chi connectivity index (χ2n) is 8.01. The fourth-order valence-electron chi connectivity index (χ4n) is 3.98. The molecule has 0 aliphatic carbocycles. The summed E-state index contributed by atoms with van der Waals surface area (Å²) in [5.41, 5.74) is 2.88. The fourth-order valence-corrected chi connectivity index (χ4v) is 3.98. The summed E-state index contributed by atoms with van der Waals surface area (Å²) in [6, 6.07) is 17.9. The van der Waals surface area contributed by atoms with E-state index in [-0.39, 0.29) is 18.9 Å². The third-order valence-electron chi connectivity index (χ3n) is 5.86. The first-order valence-electron chi connectivity index (χ1n) is 10.2. The minimum atomic E-state index is -1.27. The molecule has 2 heterocycles. The lowest BCUT2D eigenvalue weighted by Crippen LogP contribution is -2.50. The molecule has 0 unspecified atom stereocenters. The summed E-state index contributed by atoms with van der Waals surface area (Å²) in [5.74, 6) is -1.81. The van der Waals surface area contributed by atoms with Crippen LogP contribution in [0.2, 0.25) is 0 Å². The number of amides is 5. The Balaban J connectivity index is 1.37. The minimum absolute atomic E-state index is 0.0558. The van der Waals surface area contributed by atoms with Crippen LogP contribution in [0.25, 0.3) is 0 Å². The molecule has 2 aromatic rings. The highest BCUT2D eigenvalue weighted by Gasteiger charge is 2.50. The molecule has 31 heavy (non-hydrogen) atoms. The lowest BCUT2D eigenvalue weighted by atomic mass is 9.92. The number of benzene rings is 2. The van der Waals surface area contributed by atoms with Crippen molar-refractivity contribution in [1.29, 1.82) is 0 Å². The zero-order valence-electron chi connectivity index (χ0n) is 17.2. The largest absolute Gasteiger partial charge is 0.344 e. The van der Waals surface area contributed by atoms with Gasteiger partial charge in [0.1, 0.15) is 5.54 Å². The van der Waals surface area contributed by atoms with Crippen molar-refractivity contribution in [3.63, 3.8) is 0 Å². The number of carbonyl (C=O) groups excluding carboxylic acids is 4. The molecule has 2 atom stereocenters. The minimum Gasteiger partial charge on any atom is -0.342 e. The van der Waals surface area contributed by atoms with Crippen LogP contribution in [-0.4, -0.2) is 46.8 Å². The number of carbonyl (C=O) groups is 4. The van der Waals surface area contributed by atoms with E-state index in [0.717, 1.165) is 5.56 Å². The average molecular weight is 420 g/mol. The Hall–Kier alpha value is -3.68. The number of nitrogens with one attached hydrogen (secondary N) is 2. The van der Waals surface area contributed by atoms with E-state index >= 15 is 0 Å². The molecule has 4 rings (SSSR count). The molecule has 2 N–H and O–H groups in total. The lowest BCUT2D eigenvalue weighted by molar-refractivity contribution is -0.140. The quantitative estimate of drug-likeness (QED) is 0.693. The lowest BCUT2D eigenvalue weighted by Gasteiger charge is -2.22. The van der Waals surface area contributed by atoms with Crippen LogP contribution in [0.4, 0.5) is 4.79 Å². The van der Waals surface area contributed by atoms with Gasteiger partial charge in [-0.25, -0.2) is 4.79 Å². The molecule has 2 fully saturated rings. The van der Waals surface area contributed by atoms with Gasteiger partial charge in [-0.3, -0.25) is 19.8 Å². The molecule has 2 aromatic carbocycles. The Morgan fingerprint density at radius 3 is 2.39 bits per heavy atom. The highest BCUT2D eigenvalue weighted by Crippen LogP contribution is 2.28. The van der Waals surface area contributed by atoms with Crippen molar-refractivity contribution in [2.24, 2.45) is 5.92 Å². The zero-order valence-corrected chi connectivity index (χ0v) is 17.2. The summed E-state index contributed by atoms with van der Waals surface area (Å²) in [5, 5.41) is 3.36. The van der Waals surface area contributed by atoms with Crippen LogP contribution in [0.1, 0.15) is 24.5 Å². The number of nitrogens with zero attached hydrogens (tertiary/aromatic N) is 2. The van der Waals surface area contributed by atoms with Crippen LogP contribution < -0.4 is 10.7 Å². The molecule has 8 nitrogen and oxygen atoms in total. The van der Waals surface area contributed by atoms with Crippen LogP contribution in [0.15, 0.2) is 60.7 Å². The van der Waals surface area contributed by atoms with Crippen molar-refractivity contribution >= 4 is 23.8 Å². The van der Waals surface area contributed by atoms with Crippen molar-refractivity contribution < 1.29 is 19.2 Å². The second-order valence-corrected chi connectivity index (χ2v) is 8.01. The molecule has 0 bridgehead atoms. The summed E-state index contributed by atoms with van der Waals surface area (Å²) in [7, 11) is 0. The van der Waals surface area contributed by atoms with Crippen molar-refractivity contribution in [1.82, 2.24) is 20.7 Å². The van der Waals surface area contributed by atoms with Crippen LogP contribution >= 0.6 is 0 Å². The summed E-state index contributed by atoms with van der Waals surface area (Å²) in [6.45, 7) is 2.37. The van der Waals surface area contributed by atoms with Gasteiger partial charge in [0.05, 0.1) is 5.92 Å². The number of urea groups is 1. The molecule has 8 heteroatoms. The van der Waals surface area contributed by atoms with E-state index in [4.69, 9.17) is 0 Å². The zero-order chi connectivity index (χ0) is 22.0. The number of hydrazine groups is 1. The molecular weight excluding hydrogens is 396 g/mol. The van der Waals surface area contributed by atoms with Gasteiger partial charge in [0.2, 0.25) is 11.8 Å². The highest BCUT2D eigenvalue weighted by molar-refractivity contribution is 6.08. The van der Waals surface area contributed by atoms with Crippen LogP contribution in [0, 0.1) is 5.92 Å². The van der Waals surface area contributed by atoms with Gasteiger partial charge in [-0.05, 0) is 24.5 Å². The number of imide groups is 1. The maximum atomic E-state index is 12.9. The molecule has 0 aromatic heterocycles. The van der Waals surface area contributed by atoms with Gasteiger partial charge in [-0.15, -0.1) is 0 Å². The molecule has 2 aliphatic rings. The summed E-state index contributed by atoms with van der Waals surface area (Å²) >= 11 is 0. The van der Waals surface area contributed by atoms with Crippen molar-refractivity contribution in [2.75, 3.05) is 13.1 Å². The highest BCUT2D eigenvalue weighted by atomic mass is 16.2. The van der Waals surface area contributed by atoms with Gasteiger partial charge in [-0.1, -0.05) is 60.7 Å². The maximum absolute atomic E-state index is 12.9. The fraction of sp³-hybridized carbons (Fsp3) is 0.304. The predicted octanol–water partition coefficient (Wildman–Crippen LogP) is 1.58. The molecule has 5 amide bonds. The Kier molecular flexibility index (Phi) is 5.46. The van der Waals surface area contributed by atoms with Crippen molar-refractivity contribution in [3.05, 3.63) is 71.8 Å². The van der Waals surface area contributed by atoms with Crippen molar-refractivity contribution in [2.45, 2.75) is 25.3 Å². The van der Waals surface area contributed by atoms with Crippen LogP contribution in [0.5, 0.6) is 0 Å². The molecule has 2 aliphatic heterocycles. The molecule has 0 radical (unpaired) electrons. The molecule has 160 valence electrons. The van der Waals surface area contributed by atoms with E-state index in [2.05, 4.69) is 10.7 Å². The average Bonchev–Trinajstić information content (AvgIpc) is 3.26. The normalized spacial score (nSPS) is 23.3. The van der Waals surface area contributed by atoms with Crippen LogP contribution in [-0.2, 0) is 26.3 Å². The molecule has 0 spiro atoms. The SMILES string of the molecule is C[C@@]1(c2ccccc2)NC(=O)N(NC(=O)[C@H]2CC(=O)N(CCc3ccccc3)C2)C1=O. The first kappa shape index (κ1) is 20.6. The van der Waals surface area contributed by atoms with Crippen molar-refractivity contribution in [3.8, 4) is 0 Å². The Morgan fingerprint density at radius 2 is 1.71 bits per heavy atom. The molecule has 2 saturated heterocycles.